The van der Waals surface area contributed by atoms with Gasteiger partial charge in [0.2, 0.25) is 6.28 Å². The Hall–Kier alpha value is 0.0249. The van der Waals surface area contributed by atoms with Gasteiger partial charge < -0.3 is 5.64 Å². The van der Waals surface area contributed by atoms with Crippen molar-refractivity contribution in [2.24, 2.45) is 0 Å². The van der Waals surface area contributed by atoms with Crippen LogP contribution in [0.3, 0.4) is 0 Å². The van der Waals surface area contributed by atoms with Gasteiger partial charge in [-0.25, -0.2) is 0 Å². The molecule has 0 aliphatic carbocycles. The van der Waals surface area contributed by atoms with Gasteiger partial charge in [0.25, 0.3) is 0 Å². The molecule has 0 bridgehead atoms. The van der Waals surface area contributed by atoms with E-state index in [9.17, 15) is 0 Å². The molecule has 0 heterocycles. The molecule has 0 spiro atoms. The lowest BCUT2D eigenvalue weighted by atomic mass is 9.06. The Kier molecular flexibility index (Phi) is 3.27. The predicted octanol–water partition coefficient (Wildman–Crippen LogP) is 3.57. The second-order valence-corrected chi connectivity index (χ2v) is 8.14. The molecule has 0 aromatic carbocycles. The number of hydrogen-bond acceptors (Lipinski definition) is 0. The first-order valence-electron chi connectivity index (χ1n) is 5.77. The van der Waals surface area contributed by atoms with Gasteiger partial charge in [0.15, 0.2) is 0 Å². The van der Waals surface area contributed by atoms with Crippen LogP contribution in [0.15, 0.2) is 0 Å². The molecular formula is C12H30BN. The van der Waals surface area contributed by atoms with Gasteiger partial charge in [-0.1, -0.05) is 62.3 Å². The first-order chi connectivity index (χ1) is 5.75. The van der Waals surface area contributed by atoms with Crippen LogP contribution in [-0.4, -0.2) is 6.28 Å². The van der Waals surface area contributed by atoms with Gasteiger partial charge in [-0.15, -0.1) is 15.9 Å². The van der Waals surface area contributed by atoms with Crippen molar-refractivity contribution in [2.45, 2.75) is 78.3 Å². The van der Waals surface area contributed by atoms with Crippen LogP contribution < -0.4 is 5.64 Å². The monoisotopic (exact) mass is 199 g/mol. The molecule has 0 aromatic rings. The molecule has 14 heavy (non-hydrogen) atoms. The zero-order valence-electron chi connectivity index (χ0n) is 11.8. The second-order valence-electron chi connectivity index (χ2n) is 8.14. The quantitative estimate of drug-likeness (QED) is 0.577. The van der Waals surface area contributed by atoms with Crippen molar-refractivity contribution in [1.82, 2.24) is 0 Å². The normalized spacial score (nSPS) is 15.9. The fourth-order valence-electron chi connectivity index (χ4n) is 3.90. The first kappa shape index (κ1) is 14.0. The van der Waals surface area contributed by atoms with Gasteiger partial charge in [-0.3, -0.25) is 0 Å². The first-order valence-corrected chi connectivity index (χ1v) is 5.77. The highest BCUT2D eigenvalue weighted by molar-refractivity contribution is 6.79. The van der Waals surface area contributed by atoms with Crippen LogP contribution in [0.1, 0.15) is 62.3 Å². The van der Waals surface area contributed by atoms with E-state index in [1.807, 2.05) is 0 Å². The summed E-state index contributed by atoms with van der Waals surface area (Å²) in [5.74, 6) is 0. The van der Waals surface area contributed by atoms with E-state index in [4.69, 9.17) is 0 Å². The topological polar surface area (TPSA) is 27.6 Å². The van der Waals surface area contributed by atoms with Crippen LogP contribution in [0, 0.1) is 0 Å². The number of hydrogen-bond donors (Lipinski definition) is 1. The van der Waals surface area contributed by atoms with E-state index >= 15 is 0 Å². The summed E-state index contributed by atoms with van der Waals surface area (Å²) in [7, 11) is 0. The van der Waals surface area contributed by atoms with E-state index in [-0.39, 0.29) is 15.9 Å². The van der Waals surface area contributed by atoms with Crippen molar-refractivity contribution in [2.75, 3.05) is 0 Å². The Morgan fingerprint density at radius 1 is 0.571 bits per heavy atom. The maximum atomic E-state index is 4.65. The van der Waals surface area contributed by atoms with Crippen molar-refractivity contribution in [3.8, 4) is 0 Å². The van der Waals surface area contributed by atoms with E-state index in [0.29, 0.717) is 0 Å². The van der Waals surface area contributed by atoms with Crippen molar-refractivity contribution >= 4 is 6.28 Å². The molecular weight excluding hydrogens is 169 g/mol. The second kappa shape index (κ2) is 3.26. The maximum Gasteiger partial charge on any atom is 0.220 e. The van der Waals surface area contributed by atoms with E-state index < -0.39 is 6.28 Å². The van der Waals surface area contributed by atoms with Crippen molar-refractivity contribution in [1.29, 1.82) is 0 Å². The van der Waals surface area contributed by atoms with Crippen molar-refractivity contribution < 1.29 is 5.64 Å². The summed E-state index contributed by atoms with van der Waals surface area (Å²) in [5.41, 5.74) is 4.65. The highest BCUT2D eigenvalue weighted by atomic mass is 14.6. The lowest BCUT2D eigenvalue weighted by molar-refractivity contribution is -0.230. The van der Waals surface area contributed by atoms with Gasteiger partial charge in [-0.2, -0.15) is 0 Å². The summed E-state index contributed by atoms with van der Waals surface area (Å²) in [6.45, 7) is 21.0. The molecule has 0 rings (SSSR count). The zero-order valence-corrected chi connectivity index (χ0v) is 11.8. The minimum absolute atomic E-state index is 0.274. The molecule has 2 heteroatoms. The van der Waals surface area contributed by atoms with Crippen molar-refractivity contribution in [3.05, 3.63) is 0 Å². The summed E-state index contributed by atoms with van der Waals surface area (Å²) in [6.07, 6.45) is -0.688. The summed E-state index contributed by atoms with van der Waals surface area (Å²) in [4.78, 5) is 0. The smallest absolute Gasteiger partial charge is 0.220 e. The molecule has 0 unspecified atom stereocenters. The van der Waals surface area contributed by atoms with E-state index in [2.05, 4.69) is 68.0 Å². The molecule has 0 fully saturated rings. The Bertz CT molecular complexity index is 164. The van der Waals surface area contributed by atoms with Crippen LogP contribution in [0.5, 0.6) is 0 Å². The van der Waals surface area contributed by atoms with Gasteiger partial charge in [0.1, 0.15) is 0 Å². The number of rotatable bonds is 0. The molecule has 86 valence electrons. The molecule has 0 aliphatic rings. The van der Waals surface area contributed by atoms with Crippen LogP contribution in [-0.2, 0) is 0 Å². The Balaban J connectivity index is 5.54. The molecule has 0 saturated heterocycles. The summed E-state index contributed by atoms with van der Waals surface area (Å²) >= 11 is 0. The average molecular weight is 199 g/mol. The van der Waals surface area contributed by atoms with Gasteiger partial charge in [0.05, 0.1) is 0 Å². The molecule has 1 nitrogen and oxygen atoms in total. The largest absolute Gasteiger partial charge is 0.546 e. The third kappa shape index (κ3) is 2.00. The van der Waals surface area contributed by atoms with E-state index in [0.717, 1.165) is 0 Å². The lowest BCUT2D eigenvalue weighted by Gasteiger charge is -2.59. The third-order valence-electron chi connectivity index (χ3n) is 4.44. The highest BCUT2D eigenvalue weighted by Crippen LogP contribution is 2.57. The predicted molar refractivity (Wildman–Crippen MR) is 67.8 cm³/mol. The fourth-order valence-corrected chi connectivity index (χ4v) is 3.90. The third-order valence-corrected chi connectivity index (χ3v) is 4.44. The SMILES string of the molecule is CC(C)(C)[B-]([NH3+])(C(C)(C)C)C(C)(C)C. The van der Waals surface area contributed by atoms with E-state index in [1.54, 1.807) is 0 Å². The van der Waals surface area contributed by atoms with Crippen molar-refractivity contribution in [3.63, 3.8) is 0 Å². The number of quaternary nitrogens is 1. The molecule has 0 radical (unpaired) electrons. The van der Waals surface area contributed by atoms with Crippen LogP contribution in [0.2, 0.25) is 15.9 Å². The Morgan fingerprint density at radius 3 is 0.714 bits per heavy atom. The molecule has 0 atom stereocenters. The molecule has 0 amide bonds. The summed E-state index contributed by atoms with van der Waals surface area (Å²) in [6, 6.07) is 0. The zero-order chi connectivity index (χ0) is 12.0. The van der Waals surface area contributed by atoms with Crippen LogP contribution >= 0.6 is 0 Å². The van der Waals surface area contributed by atoms with Crippen LogP contribution in [0.25, 0.3) is 0 Å². The molecule has 0 aliphatic heterocycles. The molecule has 0 saturated carbocycles. The maximum absolute atomic E-state index is 4.65. The van der Waals surface area contributed by atoms with Crippen LogP contribution in [0.4, 0.5) is 0 Å². The highest BCUT2D eigenvalue weighted by Gasteiger charge is 2.55. The fraction of sp³-hybridized carbons (Fsp3) is 1.00. The standard InChI is InChI=1S/C12H30BN/c1-10(2,3)13(14,11(4,5)6)12(7,8)9/h1-9,14H3. The van der Waals surface area contributed by atoms with E-state index in [1.165, 1.54) is 0 Å². The Morgan fingerprint density at radius 2 is 0.714 bits per heavy atom. The Labute approximate surface area is 90.8 Å². The minimum atomic E-state index is -0.688. The molecule has 3 N–H and O–H groups in total. The lowest BCUT2D eigenvalue weighted by Crippen LogP contribution is -2.88. The minimum Gasteiger partial charge on any atom is -0.546 e. The van der Waals surface area contributed by atoms with Gasteiger partial charge in [0, 0.05) is 0 Å². The van der Waals surface area contributed by atoms with Gasteiger partial charge in [-0.05, 0) is 0 Å². The van der Waals surface area contributed by atoms with Gasteiger partial charge >= 0.3 is 0 Å². The molecule has 0 aromatic heterocycles. The average Bonchev–Trinajstić information content (AvgIpc) is 1.77. The summed E-state index contributed by atoms with van der Waals surface area (Å²) in [5, 5.41) is 0.823. The summed E-state index contributed by atoms with van der Waals surface area (Å²) < 4.78 is 0.